The van der Waals surface area contributed by atoms with Gasteiger partial charge in [0, 0.05) is 40.5 Å². The van der Waals surface area contributed by atoms with E-state index in [1.54, 1.807) is 29.1 Å². The number of nitrogens with zero attached hydrogens (tertiary/aromatic N) is 4. The van der Waals surface area contributed by atoms with Crippen molar-refractivity contribution in [3.8, 4) is 16.6 Å². The van der Waals surface area contributed by atoms with Crippen LogP contribution in [0.1, 0.15) is 22.6 Å². The molecule has 150 valence electrons. The highest BCUT2D eigenvalue weighted by Gasteiger charge is 2.45. The van der Waals surface area contributed by atoms with Gasteiger partial charge in [-0.2, -0.15) is 5.26 Å². The fraction of sp³-hybridized carbons (Fsp3) is 0.273. The third-order valence-electron chi connectivity index (χ3n) is 5.64. The van der Waals surface area contributed by atoms with E-state index in [0.29, 0.717) is 10.9 Å². The van der Waals surface area contributed by atoms with Crippen LogP contribution in [0.4, 0.5) is 0 Å². The van der Waals surface area contributed by atoms with Crippen LogP contribution >= 0.6 is 23.1 Å². The molecule has 1 N–H and O–H groups in total. The van der Waals surface area contributed by atoms with Crippen LogP contribution in [0.5, 0.6) is 0 Å². The van der Waals surface area contributed by atoms with E-state index in [1.165, 1.54) is 11.3 Å². The number of amides is 1. The van der Waals surface area contributed by atoms with Crippen LogP contribution < -0.4 is 5.32 Å². The molecule has 6 nitrogen and oxygen atoms in total. The van der Waals surface area contributed by atoms with Crippen LogP contribution in [0.25, 0.3) is 10.4 Å². The zero-order valence-electron chi connectivity index (χ0n) is 16.1. The first-order chi connectivity index (χ1) is 14.7. The number of nitriles is 1. The van der Waals surface area contributed by atoms with Gasteiger partial charge in [-0.25, -0.2) is 4.98 Å². The minimum atomic E-state index is -0.164. The average molecular weight is 434 g/mol. The number of pyridine rings is 1. The maximum atomic E-state index is 12.8. The van der Waals surface area contributed by atoms with Crippen LogP contribution in [-0.2, 0) is 0 Å². The van der Waals surface area contributed by atoms with E-state index in [-0.39, 0.29) is 18.0 Å². The van der Waals surface area contributed by atoms with Gasteiger partial charge in [0.2, 0.25) is 0 Å². The summed E-state index contributed by atoms with van der Waals surface area (Å²) in [5, 5.41) is 12.8. The Bertz CT molecular complexity index is 1110. The third-order valence-corrected chi connectivity index (χ3v) is 7.76. The quantitative estimate of drug-likeness (QED) is 0.612. The van der Waals surface area contributed by atoms with E-state index < -0.39 is 0 Å². The summed E-state index contributed by atoms with van der Waals surface area (Å²) in [6.07, 6.45) is 9.51. The minimum absolute atomic E-state index is 0.0193. The Hall–Kier alpha value is -2.89. The molecule has 5 rings (SSSR count). The van der Waals surface area contributed by atoms with Gasteiger partial charge < -0.3 is 10.2 Å². The summed E-state index contributed by atoms with van der Waals surface area (Å²) in [5.41, 5.74) is 0.971. The van der Waals surface area contributed by atoms with Gasteiger partial charge in [-0.15, -0.1) is 11.3 Å². The normalized spacial score (nSPS) is 22.1. The number of hydrogen-bond donors (Lipinski definition) is 1. The second-order valence-electron chi connectivity index (χ2n) is 7.55. The number of thiazole rings is 1. The predicted octanol–water partition coefficient (Wildman–Crippen LogP) is 4.03. The molecule has 0 radical (unpaired) electrons. The second-order valence-corrected chi connectivity index (χ2v) is 9.70. The molecule has 3 aromatic rings. The molecule has 2 bridgehead atoms. The molecule has 3 unspecified atom stereocenters. The van der Waals surface area contributed by atoms with Crippen LogP contribution in [0.15, 0.2) is 64.8 Å². The molecule has 1 aliphatic carbocycles. The van der Waals surface area contributed by atoms with E-state index in [9.17, 15) is 10.1 Å². The van der Waals surface area contributed by atoms with Crippen molar-refractivity contribution in [3.63, 3.8) is 0 Å². The number of piperidine rings is 1. The van der Waals surface area contributed by atoms with Gasteiger partial charge in [-0.3, -0.25) is 9.78 Å². The van der Waals surface area contributed by atoms with Crippen LogP contribution in [0.2, 0.25) is 0 Å². The first-order valence-corrected chi connectivity index (χ1v) is 11.4. The fourth-order valence-electron chi connectivity index (χ4n) is 4.30. The molecule has 0 spiro atoms. The lowest BCUT2D eigenvalue weighted by atomic mass is 10.1. The van der Waals surface area contributed by atoms with E-state index in [2.05, 4.69) is 33.6 Å². The maximum Gasteiger partial charge on any atom is 0.280 e. The first-order valence-electron chi connectivity index (χ1n) is 9.81. The lowest BCUT2D eigenvalue weighted by Gasteiger charge is -2.29. The number of hydrogen-bond acceptors (Lipinski definition) is 7. The fourth-order valence-corrected chi connectivity index (χ4v) is 6.16. The van der Waals surface area contributed by atoms with Crippen molar-refractivity contribution >= 4 is 29.0 Å². The zero-order chi connectivity index (χ0) is 20.5. The summed E-state index contributed by atoms with van der Waals surface area (Å²) in [6.45, 7) is 0.817. The number of fused-ring (bicyclic) bond motifs is 2. The summed E-state index contributed by atoms with van der Waals surface area (Å²) >= 11 is 3.04. The Morgan fingerprint density at radius 1 is 1.23 bits per heavy atom. The number of aromatic nitrogens is 2. The van der Waals surface area contributed by atoms with Gasteiger partial charge in [0.05, 0.1) is 17.0 Å². The zero-order valence-corrected chi connectivity index (χ0v) is 17.7. The molecule has 1 saturated carbocycles. The van der Waals surface area contributed by atoms with Crippen molar-refractivity contribution < 1.29 is 4.79 Å². The highest BCUT2D eigenvalue weighted by molar-refractivity contribution is 7.99. The van der Waals surface area contributed by atoms with Gasteiger partial charge in [0.25, 0.3) is 5.91 Å². The Morgan fingerprint density at radius 2 is 2.10 bits per heavy atom. The van der Waals surface area contributed by atoms with Gasteiger partial charge in [0.15, 0.2) is 11.2 Å². The molecule has 1 aliphatic heterocycles. The Labute approximate surface area is 183 Å². The van der Waals surface area contributed by atoms with Crippen LogP contribution in [0, 0.1) is 17.4 Å². The van der Waals surface area contributed by atoms with Crippen molar-refractivity contribution in [2.45, 2.75) is 34.7 Å². The topological polar surface area (TPSA) is 81.9 Å². The van der Waals surface area contributed by atoms with Gasteiger partial charge in [-0.05, 0) is 37.0 Å². The summed E-state index contributed by atoms with van der Waals surface area (Å²) in [6, 6.07) is 12.3. The lowest BCUT2D eigenvalue weighted by molar-refractivity contribution is 0.0912. The largest absolute Gasteiger partial charge is 0.345 e. The Kier molecular flexibility index (Phi) is 5.15. The molecule has 1 amide bonds. The predicted molar refractivity (Wildman–Crippen MR) is 116 cm³/mol. The second kappa shape index (κ2) is 8.09. The monoisotopic (exact) mass is 433 g/mol. The summed E-state index contributed by atoms with van der Waals surface area (Å²) in [5.74, 6) is 0.336. The molecule has 2 aliphatic rings. The summed E-state index contributed by atoms with van der Waals surface area (Å²) in [7, 11) is 0. The lowest BCUT2D eigenvalue weighted by Crippen LogP contribution is -2.48. The third kappa shape index (κ3) is 3.66. The van der Waals surface area contributed by atoms with Crippen molar-refractivity contribution in [3.05, 3.63) is 60.0 Å². The molecule has 1 saturated heterocycles. The van der Waals surface area contributed by atoms with Crippen molar-refractivity contribution in [1.82, 2.24) is 20.2 Å². The van der Waals surface area contributed by atoms with E-state index in [0.717, 1.165) is 39.6 Å². The number of carbonyl (C=O) groups is 1. The number of carbonyl (C=O) groups excluding carboxylic acids is 1. The van der Waals surface area contributed by atoms with Gasteiger partial charge in [-0.1, -0.05) is 30.0 Å². The number of benzene rings is 1. The SMILES string of the molecule is N#CN1CC2CC(NC(=O)c3ncc(-c4cnccc4Sc4ccccc4)s3)C1C2. The molecule has 2 aromatic heterocycles. The number of likely N-dealkylation sites (tertiary alicyclic amines) is 1. The highest BCUT2D eigenvalue weighted by Crippen LogP contribution is 2.39. The molecular weight excluding hydrogens is 414 g/mol. The van der Waals surface area contributed by atoms with Crippen LogP contribution in [0.3, 0.4) is 0 Å². The molecule has 8 heteroatoms. The van der Waals surface area contributed by atoms with Crippen molar-refractivity contribution in [2.75, 3.05) is 6.54 Å². The van der Waals surface area contributed by atoms with E-state index in [4.69, 9.17) is 0 Å². The average Bonchev–Trinajstić information content (AvgIpc) is 3.50. The summed E-state index contributed by atoms with van der Waals surface area (Å²) < 4.78 is 0. The summed E-state index contributed by atoms with van der Waals surface area (Å²) in [4.78, 5) is 26.4. The minimum Gasteiger partial charge on any atom is -0.345 e. The Morgan fingerprint density at radius 3 is 2.90 bits per heavy atom. The van der Waals surface area contributed by atoms with Gasteiger partial charge in [0.1, 0.15) is 0 Å². The van der Waals surface area contributed by atoms with Crippen molar-refractivity contribution in [1.29, 1.82) is 5.26 Å². The molecule has 1 aromatic carbocycles. The molecule has 2 fully saturated rings. The number of rotatable bonds is 5. The van der Waals surface area contributed by atoms with Gasteiger partial charge >= 0.3 is 0 Å². The molecule has 30 heavy (non-hydrogen) atoms. The first kappa shape index (κ1) is 19.1. The highest BCUT2D eigenvalue weighted by atomic mass is 32.2. The van der Waals surface area contributed by atoms with Crippen LogP contribution in [-0.4, -0.2) is 39.4 Å². The standard InChI is InChI=1S/C22H19N5OS2/c23-13-27-12-14-8-17(18(27)9-14)26-21(28)22-25-11-20(30-22)16-10-24-7-6-19(16)29-15-4-2-1-3-5-15/h1-7,10-11,14,17-18H,8-9,12H2,(H,26,28). The maximum absolute atomic E-state index is 12.8. The van der Waals surface area contributed by atoms with E-state index >= 15 is 0 Å². The molecule has 3 atom stereocenters. The molecular formula is C22H19N5OS2. The van der Waals surface area contributed by atoms with Crippen molar-refractivity contribution in [2.24, 2.45) is 5.92 Å². The Balaban J connectivity index is 1.33. The number of nitrogens with one attached hydrogen (secondary N) is 1. The molecule has 3 heterocycles. The van der Waals surface area contributed by atoms with E-state index in [1.807, 2.05) is 30.5 Å². The smallest absolute Gasteiger partial charge is 0.280 e.